The maximum Gasteiger partial charge on any atom is 0.251 e. The van der Waals surface area contributed by atoms with E-state index in [1.54, 1.807) is 7.05 Å². The number of rotatable bonds is 4. The third-order valence-electron chi connectivity index (χ3n) is 2.27. The third-order valence-corrected chi connectivity index (χ3v) is 2.27. The van der Waals surface area contributed by atoms with E-state index < -0.39 is 17.6 Å². The summed E-state index contributed by atoms with van der Waals surface area (Å²) in [5.41, 5.74) is 0. The second kappa shape index (κ2) is 5.18. The fourth-order valence-corrected chi connectivity index (χ4v) is 1.26. The van der Waals surface area contributed by atoms with Crippen LogP contribution in [0.2, 0.25) is 0 Å². The van der Waals surface area contributed by atoms with Crippen LogP contribution in [0.3, 0.4) is 0 Å². The highest BCUT2D eigenvalue weighted by atomic mass is 19.2. The smallest absolute Gasteiger partial charge is 0.251 e. The molecule has 2 nitrogen and oxygen atoms in total. The molecule has 0 aromatic carbocycles. The van der Waals surface area contributed by atoms with Gasteiger partial charge in [0.1, 0.15) is 0 Å². The van der Waals surface area contributed by atoms with Crippen molar-refractivity contribution in [3.05, 3.63) is 23.6 Å². The van der Waals surface area contributed by atoms with Crippen LogP contribution in [0.4, 0.5) is 19.0 Å². The van der Waals surface area contributed by atoms with Crippen LogP contribution in [0.25, 0.3) is 0 Å². The van der Waals surface area contributed by atoms with Gasteiger partial charge in [-0.3, -0.25) is 0 Å². The molecule has 5 heteroatoms. The Morgan fingerprint density at radius 2 is 1.88 bits per heavy atom. The van der Waals surface area contributed by atoms with Crippen molar-refractivity contribution < 1.29 is 13.2 Å². The molecule has 0 bridgehead atoms. The molecule has 0 fully saturated rings. The Hall–Kier alpha value is -1.26. The van der Waals surface area contributed by atoms with Gasteiger partial charge in [0.15, 0.2) is 17.5 Å². The normalized spacial score (nSPS) is 10.9. The van der Waals surface area contributed by atoms with E-state index in [1.165, 1.54) is 4.90 Å². The summed E-state index contributed by atoms with van der Waals surface area (Å²) in [6.45, 7) is 4.61. The molecule has 0 spiro atoms. The highest BCUT2D eigenvalue weighted by Crippen LogP contribution is 2.18. The Labute approximate surface area is 93.1 Å². The summed E-state index contributed by atoms with van der Waals surface area (Å²) >= 11 is 0. The third kappa shape index (κ3) is 3.12. The van der Waals surface area contributed by atoms with Crippen LogP contribution >= 0.6 is 0 Å². The molecule has 0 amide bonds. The second-order valence-electron chi connectivity index (χ2n) is 4.17. The van der Waals surface area contributed by atoms with Gasteiger partial charge in [0.2, 0.25) is 0 Å². The van der Waals surface area contributed by atoms with Crippen molar-refractivity contribution in [2.24, 2.45) is 5.92 Å². The minimum Gasteiger partial charge on any atom is -0.357 e. The lowest BCUT2D eigenvalue weighted by molar-refractivity contribution is 0.462. The van der Waals surface area contributed by atoms with Gasteiger partial charge in [0.05, 0.1) is 0 Å². The lowest BCUT2D eigenvalue weighted by Gasteiger charge is -2.19. The number of pyridine rings is 1. The van der Waals surface area contributed by atoms with E-state index in [-0.39, 0.29) is 5.82 Å². The molecule has 0 unspecified atom stereocenters. The van der Waals surface area contributed by atoms with Crippen molar-refractivity contribution in [2.45, 2.75) is 20.3 Å². The Kier molecular flexibility index (Phi) is 4.15. The second-order valence-corrected chi connectivity index (χ2v) is 4.17. The summed E-state index contributed by atoms with van der Waals surface area (Å²) in [4.78, 5) is 4.74. The van der Waals surface area contributed by atoms with Crippen LogP contribution in [0.5, 0.6) is 0 Å². The highest BCUT2D eigenvalue weighted by molar-refractivity contribution is 5.38. The summed E-state index contributed by atoms with van der Waals surface area (Å²) in [5.74, 6) is -3.08. The van der Waals surface area contributed by atoms with Crippen molar-refractivity contribution in [3.8, 4) is 0 Å². The van der Waals surface area contributed by atoms with Gasteiger partial charge in [-0.25, -0.2) is 8.78 Å². The zero-order valence-electron chi connectivity index (χ0n) is 9.60. The van der Waals surface area contributed by atoms with E-state index in [0.29, 0.717) is 18.5 Å². The fourth-order valence-electron chi connectivity index (χ4n) is 1.26. The number of aromatic nitrogens is 1. The van der Waals surface area contributed by atoms with Crippen molar-refractivity contribution in [1.29, 1.82) is 0 Å². The van der Waals surface area contributed by atoms with Crippen LogP contribution < -0.4 is 4.90 Å². The largest absolute Gasteiger partial charge is 0.357 e. The van der Waals surface area contributed by atoms with Crippen LogP contribution in [-0.2, 0) is 0 Å². The molecular weight excluding hydrogens is 217 g/mol. The van der Waals surface area contributed by atoms with Crippen molar-refractivity contribution in [1.82, 2.24) is 4.98 Å². The van der Waals surface area contributed by atoms with E-state index in [0.717, 1.165) is 6.42 Å². The first-order valence-corrected chi connectivity index (χ1v) is 5.14. The number of anilines is 1. The Morgan fingerprint density at radius 1 is 1.25 bits per heavy atom. The average Bonchev–Trinajstić information content (AvgIpc) is 2.20. The quantitative estimate of drug-likeness (QED) is 0.742. The Balaban J connectivity index is 2.82. The molecule has 0 atom stereocenters. The molecule has 0 aliphatic rings. The van der Waals surface area contributed by atoms with Crippen molar-refractivity contribution >= 4 is 5.82 Å². The molecule has 1 rings (SSSR count). The van der Waals surface area contributed by atoms with E-state index in [4.69, 9.17) is 0 Å². The summed E-state index contributed by atoms with van der Waals surface area (Å²) < 4.78 is 38.8. The van der Waals surface area contributed by atoms with E-state index >= 15 is 0 Å². The summed E-state index contributed by atoms with van der Waals surface area (Å²) in [5, 5.41) is 0. The van der Waals surface area contributed by atoms with Gasteiger partial charge in [-0.1, -0.05) is 13.8 Å². The predicted octanol–water partition coefficient (Wildman–Crippen LogP) is 2.98. The highest BCUT2D eigenvalue weighted by Gasteiger charge is 2.14. The first kappa shape index (κ1) is 12.8. The zero-order chi connectivity index (χ0) is 12.3. The van der Waals surface area contributed by atoms with Crippen LogP contribution in [0.15, 0.2) is 6.07 Å². The monoisotopic (exact) mass is 232 g/mol. The first-order chi connectivity index (χ1) is 7.41. The molecule has 1 heterocycles. The SMILES string of the molecule is CC(C)CCN(C)c1nc(F)c(F)cc1F. The van der Waals surface area contributed by atoms with Crippen LogP contribution in [-0.4, -0.2) is 18.6 Å². The molecule has 0 saturated carbocycles. The van der Waals surface area contributed by atoms with E-state index in [2.05, 4.69) is 4.98 Å². The minimum atomic E-state index is -1.27. The standard InChI is InChI=1S/C11H15F3N2/c1-7(2)4-5-16(3)11-9(13)6-8(12)10(14)15-11/h6-7H,4-5H2,1-3H3. The first-order valence-electron chi connectivity index (χ1n) is 5.14. The van der Waals surface area contributed by atoms with E-state index in [1.807, 2.05) is 13.8 Å². The van der Waals surface area contributed by atoms with Gasteiger partial charge in [-0.2, -0.15) is 9.37 Å². The van der Waals surface area contributed by atoms with Gasteiger partial charge >= 0.3 is 0 Å². The van der Waals surface area contributed by atoms with Gasteiger partial charge in [-0.05, 0) is 12.3 Å². The molecule has 0 aliphatic heterocycles. The van der Waals surface area contributed by atoms with Gasteiger partial charge < -0.3 is 4.90 Å². The maximum atomic E-state index is 13.3. The molecule has 1 aromatic rings. The topological polar surface area (TPSA) is 16.1 Å². The minimum absolute atomic E-state index is 0.153. The average molecular weight is 232 g/mol. The van der Waals surface area contributed by atoms with E-state index in [9.17, 15) is 13.2 Å². The van der Waals surface area contributed by atoms with Gasteiger partial charge in [-0.15, -0.1) is 0 Å². The fraction of sp³-hybridized carbons (Fsp3) is 0.545. The van der Waals surface area contributed by atoms with Gasteiger partial charge in [0.25, 0.3) is 5.95 Å². The number of nitrogens with zero attached hydrogens (tertiary/aromatic N) is 2. The predicted molar refractivity (Wildman–Crippen MR) is 56.8 cm³/mol. The van der Waals surface area contributed by atoms with Gasteiger partial charge in [0, 0.05) is 19.7 Å². The molecule has 0 saturated heterocycles. The Morgan fingerprint density at radius 3 is 2.44 bits per heavy atom. The Bertz CT molecular complexity index is 366. The summed E-state index contributed by atoms with van der Waals surface area (Å²) in [6, 6.07) is 0.517. The number of hydrogen-bond acceptors (Lipinski definition) is 2. The molecule has 1 aromatic heterocycles. The molecular formula is C11H15F3N2. The molecule has 90 valence electrons. The van der Waals surface area contributed by atoms with Crippen molar-refractivity contribution in [3.63, 3.8) is 0 Å². The molecule has 16 heavy (non-hydrogen) atoms. The molecule has 0 aliphatic carbocycles. The van der Waals surface area contributed by atoms with Crippen molar-refractivity contribution in [2.75, 3.05) is 18.5 Å². The van der Waals surface area contributed by atoms with Crippen LogP contribution in [0.1, 0.15) is 20.3 Å². The maximum absolute atomic E-state index is 13.3. The zero-order valence-corrected chi connectivity index (χ0v) is 9.60. The molecule has 0 N–H and O–H groups in total. The van der Waals surface area contributed by atoms with Crippen LogP contribution in [0, 0.1) is 23.5 Å². The molecule has 0 radical (unpaired) electrons. The lowest BCUT2D eigenvalue weighted by Crippen LogP contribution is -2.23. The number of halogens is 3. The summed E-state index contributed by atoms with van der Waals surface area (Å²) in [7, 11) is 1.60. The lowest BCUT2D eigenvalue weighted by atomic mass is 10.1. The number of hydrogen-bond donors (Lipinski definition) is 0. The summed E-state index contributed by atoms with van der Waals surface area (Å²) in [6.07, 6.45) is 0.830.